The van der Waals surface area contributed by atoms with Gasteiger partial charge in [0, 0.05) is 18.8 Å². The van der Waals surface area contributed by atoms with Crippen molar-refractivity contribution >= 4 is 29.1 Å². The van der Waals surface area contributed by atoms with Gasteiger partial charge in [-0.2, -0.15) is 13.2 Å². The van der Waals surface area contributed by atoms with E-state index in [1.807, 2.05) is 0 Å². The van der Waals surface area contributed by atoms with E-state index in [1.165, 1.54) is 0 Å². The molecule has 13 heteroatoms. The van der Waals surface area contributed by atoms with Crippen LogP contribution >= 0.6 is 0 Å². The molecule has 1 fully saturated rings. The number of benzene rings is 1. The average molecular weight is 480 g/mol. The molecular formula is C20H25F5N4O4. The van der Waals surface area contributed by atoms with Gasteiger partial charge in [0.15, 0.2) is 6.04 Å². The maximum atomic E-state index is 13.7. The van der Waals surface area contributed by atoms with Crippen molar-refractivity contribution in [3.05, 3.63) is 23.8 Å². The zero-order valence-corrected chi connectivity index (χ0v) is 18.0. The van der Waals surface area contributed by atoms with Gasteiger partial charge in [0.25, 0.3) is 18.2 Å². The summed E-state index contributed by atoms with van der Waals surface area (Å²) in [6.07, 6.45) is -7.75. The monoisotopic (exact) mass is 480 g/mol. The summed E-state index contributed by atoms with van der Waals surface area (Å²) in [5.74, 6) is -3.23. The molecule has 3 amide bonds. The number of nitrogens with one attached hydrogen (secondary N) is 1. The second-order valence-electron chi connectivity index (χ2n) is 7.86. The summed E-state index contributed by atoms with van der Waals surface area (Å²) < 4.78 is 72.0. The van der Waals surface area contributed by atoms with E-state index in [0.29, 0.717) is 6.07 Å². The molecule has 1 aliphatic heterocycles. The van der Waals surface area contributed by atoms with Gasteiger partial charge in [0.05, 0.1) is 24.4 Å². The number of hydrogen-bond acceptors (Lipinski definition) is 5. The molecule has 33 heavy (non-hydrogen) atoms. The Bertz CT molecular complexity index is 869. The molecule has 184 valence electrons. The van der Waals surface area contributed by atoms with Crippen LogP contribution in [0.4, 0.5) is 33.3 Å². The van der Waals surface area contributed by atoms with Gasteiger partial charge in [0.1, 0.15) is 6.61 Å². The van der Waals surface area contributed by atoms with Gasteiger partial charge in [-0.1, -0.05) is 13.8 Å². The smallest absolute Gasteiger partial charge is 0.370 e. The number of carbonyl (C=O) groups excluding carboxylic acids is 3. The summed E-state index contributed by atoms with van der Waals surface area (Å²) in [4.78, 5) is 38.4. The average Bonchev–Trinajstić information content (AvgIpc) is 2.66. The van der Waals surface area contributed by atoms with Crippen LogP contribution in [0.15, 0.2) is 18.2 Å². The Hall–Kier alpha value is -2.80. The first-order valence-electron chi connectivity index (χ1n) is 10.0. The highest BCUT2D eigenvalue weighted by Gasteiger charge is 2.38. The number of primary amides is 1. The summed E-state index contributed by atoms with van der Waals surface area (Å²) in [6.45, 7) is 1.95. The van der Waals surface area contributed by atoms with Crippen molar-refractivity contribution in [2.24, 2.45) is 11.7 Å². The molecule has 0 aromatic heterocycles. The van der Waals surface area contributed by atoms with Crippen LogP contribution in [0, 0.1) is 5.92 Å². The molecule has 0 radical (unpaired) electrons. The Morgan fingerprint density at radius 1 is 1.24 bits per heavy atom. The van der Waals surface area contributed by atoms with Crippen molar-refractivity contribution < 1.29 is 41.1 Å². The highest BCUT2D eigenvalue weighted by molar-refractivity contribution is 6.09. The fourth-order valence-corrected chi connectivity index (χ4v) is 3.47. The number of rotatable bonds is 9. The second-order valence-corrected chi connectivity index (χ2v) is 7.86. The lowest BCUT2D eigenvalue weighted by atomic mass is 10.1. The molecule has 0 bridgehead atoms. The topological polar surface area (TPSA) is 105 Å². The van der Waals surface area contributed by atoms with Crippen molar-refractivity contribution in [1.29, 1.82) is 0 Å². The third-order valence-corrected chi connectivity index (χ3v) is 4.70. The van der Waals surface area contributed by atoms with Crippen molar-refractivity contribution in [3.63, 3.8) is 0 Å². The lowest BCUT2D eigenvalue weighted by molar-refractivity contribution is -0.138. The number of ether oxygens (including phenoxy) is 1. The molecule has 0 saturated carbocycles. The molecule has 0 spiro atoms. The van der Waals surface area contributed by atoms with Crippen LogP contribution in [0.2, 0.25) is 0 Å². The Balaban J connectivity index is 2.36. The van der Waals surface area contributed by atoms with E-state index >= 15 is 0 Å². The van der Waals surface area contributed by atoms with Crippen molar-refractivity contribution in [2.45, 2.75) is 32.5 Å². The molecule has 0 aliphatic carbocycles. The summed E-state index contributed by atoms with van der Waals surface area (Å²) in [6, 6.07) is 0.902. The standard InChI is InChI=1S/C20H25F5N4O4/c1-11(2)8-28(9-15(21)22)17(18(26)31)19(32)27-12-3-4-14(13(7-12)20(23,24)25)29-5-6-33-10-16(29)30/h3-4,7,11,15,17H,5-6,8-10H2,1-2H3,(H2,26,31)(H,27,32)/t17-/m0/s1. The quantitative estimate of drug-likeness (QED) is 0.416. The lowest BCUT2D eigenvalue weighted by Crippen LogP contribution is -2.54. The fourth-order valence-electron chi connectivity index (χ4n) is 3.47. The van der Waals surface area contributed by atoms with Gasteiger partial charge >= 0.3 is 6.18 Å². The van der Waals surface area contributed by atoms with E-state index < -0.39 is 54.2 Å². The number of halogens is 5. The Morgan fingerprint density at radius 2 is 1.91 bits per heavy atom. The Morgan fingerprint density at radius 3 is 2.42 bits per heavy atom. The normalized spacial score (nSPS) is 15.9. The second kappa shape index (κ2) is 10.9. The molecule has 1 aromatic rings. The first kappa shape index (κ1) is 26.5. The summed E-state index contributed by atoms with van der Waals surface area (Å²) in [5, 5.41) is 2.15. The minimum atomic E-state index is -4.88. The number of nitrogens with two attached hydrogens (primary N) is 1. The summed E-state index contributed by atoms with van der Waals surface area (Å²) >= 11 is 0. The van der Waals surface area contributed by atoms with Crippen molar-refractivity contribution in [3.8, 4) is 0 Å². The molecule has 0 unspecified atom stereocenters. The highest BCUT2D eigenvalue weighted by atomic mass is 19.4. The maximum Gasteiger partial charge on any atom is 0.418 e. The van der Waals surface area contributed by atoms with E-state index in [9.17, 15) is 36.3 Å². The summed E-state index contributed by atoms with van der Waals surface area (Å²) in [7, 11) is 0. The van der Waals surface area contributed by atoms with Crippen LogP contribution < -0.4 is 16.0 Å². The first-order chi connectivity index (χ1) is 15.3. The van der Waals surface area contributed by atoms with Gasteiger partial charge in [-0.15, -0.1) is 0 Å². The van der Waals surface area contributed by atoms with Gasteiger partial charge in [-0.25, -0.2) is 8.78 Å². The van der Waals surface area contributed by atoms with Crippen LogP contribution in [-0.4, -0.2) is 67.9 Å². The van der Waals surface area contributed by atoms with Gasteiger partial charge in [0.2, 0.25) is 5.91 Å². The Kier molecular flexibility index (Phi) is 8.72. The van der Waals surface area contributed by atoms with Crippen LogP contribution in [-0.2, 0) is 25.3 Å². The van der Waals surface area contributed by atoms with E-state index in [1.54, 1.807) is 13.8 Å². The van der Waals surface area contributed by atoms with Gasteiger partial charge in [-0.3, -0.25) is 19.3 Å². The van der Waals surface area contributed by atoms with E-state index in [0.717, 1.165) is 21.9 Å². The van der Waals surface area contributed by atoms with Gasteiger partial charge < -0.3 is 20.7 Å². The number of nitrogens with zero attached hydrogens (tertiary/aromatic N) is 2. The van der Waals surface area contributed by atoms with Crippen LogP contribution in [0.1, 0.15) is 19.4 Å². The predicted molar refractivity (Wildman–Crippen MR) is 109 cm³/mol. The number of anilines is 2. The number of alkyl halides is 5. The number of morpholine rings is 1. The first-order valence-corrected chi connectivity index (χ1v) is 10.0. The maximum absolute atomic E-state index is 13.7. The minimum Gasteiger partial charge on any atom is -0.370 e. The zero-order valence-electron chi connectivity index (χ0n) is 18.0. The predicted octanol–water partition coefficient (Wildman–Crippen LogP) is 2.08. The van der Waals surface area contributed by atoms with Crippen molar-refractivity contribution in [1.82, 2.24) is 4.90 Å². The lowest BCUT2D eigenvalue weighted by Gasteiger charge is -2.30. The third kappa shape index (κ3) is 7.09. The molecule has 1 aromatic carbocycles. The molecule has 1 saturated heterocycles. The third-order valence-electron chi connectivity index (χ3n) is 4.70. The number of hydrogen-bond donors (Lipinski definition) is 2. The zero-order chi connectivity index (χ0) is 24.9. The van der Waals surface area contributed by atoms with Crippen molar-refractivity contribution in [2.75, 3.05) is 43.1 Å². The molecule has 1 atom stereocenters. The molecular weight excluding hydrogens is 455 g/mol. The molecule has 1 aliphatic rings. The van der Waals surface area contributed by atoms with Crippen LogP contribution in [0.3, 0.4) is 0 Å². The van der Waals surface area contributed by atoms with E-state index in [4.69, 9.17) is 10.5 Å². The van der Waals surface area contributed by atoms with Gasteiger partial charge in [-0.05, 0) is 24.1 Å². The van der Waals surface area contributed by atoms with Crippen LogP contribution in [0.5, 0.6) is 0 Å². The van der Waals surface area contributed by atoms with E-state index in [-0.39, 0.29) is 37.9 Å². The molecule has 3 N–H and O–H groups in total. The Labute approximate surface area is 186 Å². The SMILES string of the molecule is CC(C)CN(CC(F)F)[C@@H](C(N)=O)C(=O)Nc1ccc(N2CCOCC2=O)c(C(F)(F)F)c1. The largest absolute Gasteiger partial charge is 0.418 e. The number of amides is 3. The molecule has 2 rings (SSSR count). The summed E-state index contributed by atoms with van der Waals surface area (Å²) in [5.41, 5.74) is 3.30. The van der Waals surface area contributed by atoms with E-state index in [2.05, 4.69) is 5.32 Å². The molecule has 1 heterocycles. The highest BCUT2D eigenvalue weighted by Crippen LogP contribution is 2.38. The number of carbonyl (C=O) groups is 3. The molecule has 8 nitrogen and oxygen atoms in total. The minimum absolute atomic E-state index is 0.0532. The van der Waals surface area contributed by atoms with Crippen LogP contribution in [0.25, 0.3) is 0 Å². The fraction of sp³-hybridized carbons (Fsp3) is 0.550.